The van der Waals surface area contributed by atoms with E-state index >= 15 is 0 Å². The number of nitrogens with zero attached hydrogens (tertiary/aromatic N) is 2. The van der Waals surface area contributed by atoms with Crippen LogP contribution in [-0.2, 0) is 6.42 Å². The maximum absolute atomic E-state index is 6.03. The minimum absolute atomic E-state index is 0.932. The van der Waals surface area contributed by atoms with Gasteiger partial charge in [0.05, 0.1) is 0 Å². The van der Waals surface area contributed by atoms with E-state index in [1.807, 2.05) is 12.1 Å². The van der Waals surface area contributed by atoms with E-state index in [9.17, 15) is 0 Å². The average molecular weight is 287 g/mol. The quantitative estimate of drug-likeness (QED) is 0.845. The van der Waals surface area contributed by atoms with Gasteiger partial charge in [0.25, 0.3) is 0 Å². The Morgan fingerprint density at radius 2 is 1.67 bits per heavy atom. The summed E-state index contributed by atoms with van der Waals surface area (Å²) in [6.45, 7) is 7.72. The Kier molecular flexibility index (Phi) is 5.15. The van der Waals surface area contributed by atoms with Gasteiger partial charge in [-0.3, -0.25) is 0 Å². The van der Waals surface area contributed by atoms with Crippen molar-refractivity contribution in [3.63, 3.8) is 0 Å². The van der Waals surface area contributed by atoms with E-state index in [0.29, 0.717) is 0 Å². The van der Waals surface area contributed by atoms with Crippen LogP contribution in [0, 0.1) is 5.92 Å². The summed E-state index contributed by atoms with van der Waals surface area (Å²) in [5.74, 6) is 0.932. The number of hydrogen-bond acceptors (Lipinski definition) is 3. The molecule has 1 aromatic rings. The molecule has 2 fully saturated rings. The minimum Gasteiger partial charge on any atom is -0.399 e. The molecule has 1 aromatic carbocycles. The van der Waals surface area contributed by atoms with E-state index in [-0.39, 0.29) is 0 Å². The van der Waals surface area contributed by atoms with Crippen LogP contribution in [0.4, 0.5) is 5.69 Å². The van der Waals surface area contributed by atoms with Gasteiger partial charge >= 0.3 is 0 Å². The topological polar surface area (TPSA) is 32.5 Å². The second kappa shape index (κ2) is 7.28. The summed E-state index contributed by atoms with van der Waals surface area (Å²) in [6.07, 6.45) is 6.67. The Bertz CT molecular complexity index is 432. The summed E-state index contributed by atoms with van der Waals surface area (Å²) in [6, 6.07) is 8.28. The summed E-state index contributed by atoms with van der Waals surface area (Å²) < 4.78 is 0. The van der Waals surface area contributed by atoms with Crippen LogP contribution in [-0.4, -0.2) is 49.1 Å². The number of para-hydroxylation sites is 1. The smallest absolute Gasteiger partial charge is 0.0347 e. The summed E-state index contributed by atoms with van der Waals surface area (Å²) in [4.78, 5) is 5.29. The molecule has 2 heterocycles. The highest BCUT2D eigenvalue weighted by atomic mass is 15.2. The van der Waals surface area contributed by atoms with Gasteiger partial charge in [0.2, 0.25) is 0 Å². The van der Waals surface area contributed by atoms with E-state index in [2.05, 4.69) is 21.9 Å². The molecule has 0 unspecified atom stereocenters. The number of nitrogen functional groups attached to an aromatic ring is 1. The summed E-state index contributed by atoms with van der Waals surface area (Å²) in [5.41, 5.74) is 8.27. The zero-order valence-electron chi connectivity index (χ0n) is 13.1. The molecule has 3 rings (SSSR count). The first kappa shape index (κ1) is 14.9. The Hall–Kier alpha value is -1.06. The average Bonchev–Trinajstić information content (AvgIpc) is 3.01. The van der Waals surface area contributed by atoms with E-state index < -0.39 is 0 Å². The van der Waals surface area contributed by atoms with Crippen LogP contribution in [0.1, 0.15) is 31.2 Å². The zero-order valence-corrected chi connectivity index (χ0v) is 13.1. The first-order chi connectivity index (χ1) is 10.3. The van der Waals surface area contributed by atoms with Crippen LogP contribution in [0.15, 0.2) is 24.3 Å². The lowest BCUT2D eigenvalue weighted by molar-refractivity contribution is 0.155. The molecule has 21 heavy (non-hydrogen) atoms. The van der Waals surface area contributed by atoms with Gasteiger partial charge in [-0.25, -0.2) is 0 Å². The highest BCUT2D eigenvalue weighted by molar-refractivity contribution is 5.46. The Labute approximate surface area is 129 Å². The number of piperidine rings is 1. The number of likely N-dealkylation sites (tertiary alicyclic amines) is 2. The van der Waals surface area contributed by atoms with Crippen molar-refractivity contribution in [2.75, 3.05) is 45.0 Å². The minimum atomic E-state index is 0.932. The third kappa shape index (κ3) is 4.21. The van der Waals surface area contributed by atoms with E-state index in [0.717, 1.165) is 24.6 Å². The fourth-order valence-electron chi connectivity index (χ4n) is 3.76. The third-order valence-corrected chi connectivity index (χ3v) is 5.17. The van der Waals surface area contributed by atoms with Crippen LogP contribution in [0.3, 0.4) is 0 Å². The van der Waals surface area contributed by atoms with Gasteiger partial charge in [-0.2, -0.15) is 0 Å². The lowest BCUT2D eigenvalue weighted by Crippen LogP contribution is -2.39. The van der Waals surface area contributed by atoms with Crippen LogP contribution < -0.4 is 5.73 Å². The van der Waals surface area contributed by atoms with Gasteiger partial charge in [-0.15, -0.1) is 0 Å². The molecule has 3 nitrogen and oxygen atoms in total. The molecule has 116 valence electrons. The molecule has 3 heteroatoms. The monoisotopic (exact) mass is 287 g/mol. The van der Waals surface area contributed by atoms with Crippen LogP contribution in [0.2, 0.25) is 0 Å². The molecule has 0 saturated carbocycles. The maximum Gasteiger partial charge on any atom is 0.0347 e. The fraction of sp³-hybridized carbons (Fsp3) is 0.667. The lowest BCUT2D eigenvalue weighted by Gasteiger charge is -2.33. The van der Waals surface area contributed by atoms with Crippen molar-refractivity contribution in [1.82, 2.24) is 9.80 Å². The predicted molar refractivity (Wildman–Crippen MR) is 89.4 cm³/mol. The van der Waals surface area contributed by atoms with Crippen molar-refractivity contribution in [3.8, 4) is 0 Å². The molecule has 0 bridgehead atoms. The third-order valence-electron chi connectivity index (χ3n) is 5.17. The Balaban J connectivity index is 1.38. The van der Waals surface area contributed by atoms with Crippen LogP contribution in [0.25, 0.3) is 0 Å². The second-order valence-electron chi connectivity index (χ2n) is 6.74. The SMILES string of the molecule is Nc1ccccc1CCN1CCC(CN2CCCC2)CC1. The summed E-state index contributed by atoms with van der Waals surface area (Å²) in [7, 11) is 0. The van der Waals surface area contributed by atoms with Crippen molar-refractivity contribution in [2.24, 2.45) is 5.92 Å². The fourth-order valence-corrected chi connectivity index (χ4v) is 3.76. The molecule has 0 spiro atoms. The van der Waals surface area contributed by atoms with E-state index in [1.54, 1.807) is 0 Å². The van der Waals surface area contributed by atoms with E-state index in [1.165, 1.54) is 64.0 Å². The largest absolute Gasteiger partial charge is 0.399 e. The summed E-state index contributed by atoms with van der Waals surface area (Å²) in [5, 5.41) is 0. The van der Waals surface area contributed by atoms with Gasteiger partial charge in [0, 0.05) is 18.8 Å². The van der Waals surface area contributed by atoms with Gasteiger partial charge < -0.3 is 15.5 Å². The molecule has 0 aliphatic carbocycles. The predicted octanol–water partition coefficient (Wildman–Crippen LogP) is 2.62. The first-order valence-electron chi connectivity index (χ1n) is 8.59. The van der Waals surface area contributed by atoms with Crippen molar-refractivity contribution >= 4 is 5.69 Å². The Morgan fingerprint density at radius 1 is 0.952 bits per heavy atom. The van der Waals surface area contributed by atoms with Crippen molar-refractivity contribution < 1.29 is 0 Å². The number of rotatable bonds is 5. The Morgan fingerprint density at radius 3 is 2.38 bits per heavy atom. The van der Waals surface area contributed by atoms with Crippen molar-refractivity contribution in [3.05, 3.63) is 29.8 Å². The molecular weight excluding hydrogens is 258 g/mol. The number of anilines is 1. The molecule has 2 saturated heterocycles. The molecule has 2 aliphatic rings. The second-order valence-corrected chi connectivity index (χ2v) is 6.74. The highest BCUT2D eigenvalue weighted by Gasteiger charge is 2.22. The number of hydrogen-bond donors (Lipinski definition) is 1. The normalized spacial score (nSPS) is 21.9. The molecule has 0 amide bonds. The molecule has 0 radical (unpaired) electrons. The van der Waals surface area contributed by atoms with E-state index in [4.69, 9.17) is 5.73 Å². The van der Waals surface area contributed by atoms with Crippen LogP contribution >= 0.6 is 0 Å². The van der Waals surface area contributed by atoms with Crippen molar-refractivity contribution in [1.29, 1.82) is 0 Å². The molecule has 2 aliphatic heterocycles. The van der Waals surface area contributed by atoms with Crippen molar-refractivity contribution in [2.45, 2.75) is 32.1 Å². The standard InChI is InChI=1S/C18H29N3/c19-18-6-2-1-5-17(18)9-14-20-12-7-16(8-13-20)15-21-10-3-4-11-21/h1-2,5-6,16H,3-4,7-15,19H2. The highest BCUT2D eigenvalue weighted by Crippen LogP contribution is 2.21. The molecule has 0 atom stereocenters. The lowest BCUT2D eigenvalue weighted by atomic mass is 9.96. The number of benzene rings is 1. The molecule has 0 aromatic heterocycles. The van der Waals surface area contributed by atoms with Crippen LogP contribution in [0.5, 0.6) is 0 Å². The van der Waals surface area contributed by atoms with Gasteiger partial charge in [-0.05, 0) is 75.8 Å². The maximum atomic E-state index is 6.03. The van der Waals surface area contributed by atoms with Gasteiger partial charge in [-0.1, -0.05) is 18.2 Å². The first-order valence-corrected chi connectivity index (χ1v) is 8.59. The van der Waals surface area contributed by atoms with Gasteiger partial charge in [0.1, 0.15) is 0 Å². The van der Waals surface area contributed by atoms with Gasteiger partial charge in [0.15, 0.2) is 0 Å². The molecule has 2 N–H and O–H groups in total. The molecular formula is C18H29N3. The summed E-state index contributed by atoms with van der Waals surface area (Å²) >= 11 is 0. The number of nitrogens with two attached hydrogens (primary N) is 1. The zero-order chi connectivity index (χ0) is 14.5.